The summed E-state index contributed by atoms with van der Waals surface area (Å²) in [5.74, 6) is 0.594. The van der Waals surface area contributed by atoms with Crippen LogP contribution in [0.5, 0.6) is 0 Å². The van der Waals surface area contributed by atoms with E-state index in [4.69, 9.17) is 4.52 Å². The summed E-state index contributed by atoms with van der Waals surface area (Å²) in [5, 5.41) is 7.08. The van der Waals surface area contributed by atoms with E-state index in [1.165, 1.54) is 23.9 Å². The number of thioether (sulfide) groups is 1. The SMILES string of the molecule is Cc1ccc(-c2cnc(SCC(=O)Nc3cc(C)on3)n2-c2ccc(F)cc2)cc1. The van der Waals surface area contributed by atoms with Gasteiger partial charge in [0.25, 0.3) is 0 Å². The number of hydrogen-bond acceptors (Lipinski definition) is 5. The minimum atomic E-state index is -0.313. The number of nitrogens with one attached hydrogen (secondary N) is 1. The molecule has 0 aliphatic heterocycles. The van der Waals surface area contributed by atoms with Crippen LogP contribution in [0.25, 0.3) is 16.9 Å². The Morgan fingerprint density at radius 2 is 1.87 bits per heavy atom. The summed E-state index contributed by atoms with van der Waals surface area (Å²) in [5.41, 5.74) is 3.75. The van der Waals surface area contributed by atoms with Gasteiger partial charge in [-0.05, 0) is 38.1 Å². The van der Waals surface area contributed by atoms with Gasteiger partial charge in [-0.2, -0.15) is 0 Å². The molecular formula is C22H19FN4O2S. The van der Waals surface area contributed by atoms with Gasteiger partial charge < -0.3 is 9.84 Å². The van der Waals surface area contributed by atoms with Crippen LogP contribution in [-0.2, 0) is 4.79 Å². The number of halogens is 1. The van der Waals surface area contributed by atoms with Gasteiger partial charge in [-0.25, -0.2) is 9.37 Å². The first kappa shape index (κ1) is 19.9. The second-order valence-electron chi connectivity index (χ2n) is 6.76. The Balaban J connectivity index is 1.61. The maximum atomic E-state index is 13.5. The third-order valence-electron chi connectivity index (χ3n) is 4.39. The number of amides is 1. The fraction of sp³-hybridized carbons (Fsp3) is 0.136. The lowest BCUT2D eigenvalue weighted by molar-refractivity contribution is -0.113. The van der Waals surface area contributed by atoms with E-state index in [1.807, 2.05) is 35.8 Å². The third-order valence-corrected chi connectivity index (χ3v) is 5.34. The molecule has 0 unspecified atom stereocenters. The van der Waals surface area contributed by atoms with Crippen LogP contribution in [0.15, 0.2) is 70.5 Å². The molecule has 0 fully saturated rings. The molecule has 0 saturated carbocycles. The molecule has 1 amide bonds. The average molecular weight is 422 g/mol. The average Bonchev–Trinajstić information content (AvgIpc) is 3.34. The molecule has 1 N–H and O–H groups in total. The van der Waals surface area contributed by atoms with E-state index in [-0.39, 0.29) is 17.5 Å². The van der Waals surface area contributed by atoms with Crippen LogP contribution in [-0.4, -0.2) is 26.4 Å². The summed E-state index contributed by atoms with van der Waals surface area (Å²) >= 11 is 1.29. The number of anilines is 1. The van der Waals surface area contributed by atoms with Crippen LogP contribution in [0.1, 0.15) is 11.3 Å². The second kappa shape index (κ2) is 8.54. The summed E-state index contributed by atoms with van der Waals surface area (Å²) in [6, 6.07) is 15.9. The Hall–Kier alpha value is -3.39. The Morgan fingerprint density at radius 1 is 1.13 bits per heavy atom. The van der Waals surface area contributed by atoms with Gasteiger partial charge in [0.2, 0.25) is 5.91 Å². The number of imidazole rings is 1. The van der Waals surface area contributed by atoms with Gasteiger partial charge in [-0.3, -0.25) is 9.36 Å². The largest absolute Gasteiger partial charge is 0.360 e. The highest BCUT2D eigenvalue weighted by Crippen LogP contribution is 2.30. The smallest absolute Gasteiger partial charge is 0.236 e. The molecule has 30 heavy (non-hydrogen) atoms. The van der Waals surface area contributed by atoms with Gasteiger partial charge in [0.15, 0.2) is 11.0 Å². The van der Waals surface area contributed by atoms with Crippen LogP contribution < -0.4 is 5.32 Å². The van der Waals surface area contributed by atoms with E-state index in [0.717, 1.165) is 22.5 Å². The fourth-order valence-corrected chi connectivity index (χ4v) is 3.73. The number of hydrogen-bond donors (Lipinski definition) is 1. The van der Waals surface area contributed by atoms with Crippen molar-refractivity contribution in [3.63, 3.8) is 0 Å². The number of carbonyl (C=O) groups excluding carboxylic acids is 1. The highest BCUT2D eigenvalue weighted by Gasteiger charge is 2.16. The molecule has 0 aliphatic carbocycles. The zero-order chi connectivity index (χ0) is 21.1. The first-order valence-corrected chi connectivity index (χ1v) is 10.2. The van der Waals surface area contributed by atoms with E-state index in [1.54, 1.807) is 31.3 Å². The van der Waals surface area contributed by atoms with Crippen molar-refractivity contribution in [3.05, 3.63) is 77.9 Å². The Morgan fingerprint density at radius 3 is 2.53 bits per heavy atom. The zero-order valence-corrected chi connectivity index (χ0v) is 17.2. The molecule has 8 heteroatoms. The maximum Gasteiger partial charge on any atom is 0.236 e. The van der Waals surface area contributed by atoms with Crippen LogP contribution >= 0.6 is 11.8 Å². The van der Waals surface area contributed by atoms with Crippen LogP contribution in [0, 0.1) is 19.7 Å². The van der Waals surface area contributed by atoms with Gasteiger partial charge in [-0.1, -0.05) is 46.7 Å². The lowest BCUT2D eigenvalue weighted by atomic mass is 10.1. The van der Waals surface area contributed by atoms with Crippen molar-refractivity contribution >= 4 is 23.5 Å². The molecule has 2 aromatic heterocycles. The van der Waals surface area contributed by atoms with Crippen molar-refractivity contribution in [1.29, 1.82) is 0 Å². The van der Waals surface area contributed by atoms with Crippen molar-refractivity contribution < 1.29 is 13.7 Å². The van der Waals surface area contributed by atoms with Gasteiger partial charge in [0.05, 0.1) is 17.6 Å². The van der Waals surface area contributed by atoms with Crippen molar-refractivity contribution in [2.75, 3.05) is 11.1 Å². The standard InChI is InChI=1S/C22H19FN4O2S/c1-14-3-5-16(6-4-14)19-12-24-22(27(19)18-9-7-17(23)8-10-18)30-13-21(28)25-20-11-15(2)29-26-20/h3-12H,13H2,1-2H3,(H,25,26,28). The first-order chi connectivity index (χ1) is 14.5. The van der Waals surface area contributed by atoms with Crippen molar-refractivity contribution in [2.24, 2.45) is 0 Å². The number of nitrogens with zero attached hydrogens (tertiary/aromatic N) is 3. The number of rotatable bonds is 6. The minimum Gasteiger partial charge on any atom is -0.360 e. The summed E-state index contributed by atoms with van der Waals surface area (Å²) in [6.45, 7) is 3.78. The zero-order valence-electron chi connectivity index (χ0n) is 16.4. The number of carbonyl (C=O) groups is 1. The molecule has 4 aromatic rings. The molecule has 2 heterocycles. The van der Waals surface area contributed by atoms with E-state index in [0.29, 0.717) is 16.7 Å². The summed E-state index contributed by atoms with van der Waals surface area (Å²) in [6.07, 6.45) is 1.76. The van der Waals surface area contributed by atoms with Crippen LogP contribution in [0.4, 0.5) is 10.2 Å². The van der Waals surface area contributed by atoms with Gasteiger partial charge in [0.1, 0.15) is 11.6 Å². The van der Waals surface area contributed by atoms with E-state index in [9.17, 15) is 9.18 Å². The maximum absolute atomic E-state index is 13.5. The van der Waals surface area contributed by atoms with E-state index >= 15 is 0 Å². The number of aryl methyl sites for hydroxylation is 2. The van der Waals surface area contributed by atoms with Gasteiger partial charge >= 0.3 is 0 Å². The lowest BCUT2D eigenvalue weighted by Crippen LogP contribution is -2.14. The topological polar surface area (TPSA) is 73.0 Å². The minimum absolute atomic E-state index is 0.136. The third kappa shape index (κ3) is 4.44. The van der Waals surface area contributed by atoms with Crippen molar-refractivity contribution in [2.45, 2.75) is 19.0 Å². The Kier molecular flexibility index (Phi) is 5.67. The van der Waals surface area contributed by atoms with Gasteiger partial charge in [-0.15, -0.1) is 0 Å². The predicted octanol–water partition coefficient (Wildman–Crippen LogP) is 5.01. The van der Waals surface area contributed by atoms with Crippen molar-refractivity contribution in [1.82, 2.24) is 14.7 Å². The van der Waals surface area contributed by atoms with Crippen LogP contribution in [0.2, 0.25) is 0 Å². The molecular weight excluding hydrogens is 403 g/mol. The van der Waals surface area contributed by atoms with E-state index in [2.05, 4.69) is 15.5 Å². The summed E-state index contributed by atoms with van der Waals surface area (Å²) in [4.78, 5) is 16.8. The van der Waals surface area contributed by atoms with Gasteiger partial charge in [0, 0.05) is 17.3 Å². The van der Waals surface area contributed by atoms with Crippen molar-refractivity contribution in [3.8, 4) is 16.9 Å². The molecule has 6 nitrogen and oxygen atoms in total. The molecule has 0 aliphatic rings. The molecule has 0 saturated heterocycles. The highest BCUT2D eigenvalue weighted by atomic mass is 32.2. The lowest BCUT2D eigenvalue weighted by Gasteiger charge is -2.12. The monoisotopic (exact) mass is 422 g/mol. The Labute approximate surface area is 177 Å². The molecule has 0 spiro atoms. The first-order valence-electron chi connectivity index (χ1n) is 9.26. The highest BCUT2D eigenvalue weighted by molar-refractivity contribution is 7.99. The normalized spacial score (nSPS) is 10.9. The molecule has 4 rings (SSSR count). The number of aromatic nitrogens is 3. The molecule has 0 bridgehead atoms. The fourth-order valence-electron chi connectivity index (χ4n) is 2.94. The van der Waals surface area contributed by atoms with E-state index < -0.39 is 0 Å². The number of benzene rings is 2. The Bertz CT molecular complexity index is 1170. The van der Waals surface area contributed by atoms with Crippen LogP contribution in [0.3, 0.4) is 0 Å². The molecule has 152 valence electrons. The predicted molar refractivity (Wildman–Crippen MR) is 114 cm³/mol. The molecule has 0 radical (unpaired) electrons. The summed E-state index contributed by atoms with van der Waals surface area (Å²) in [7, 11) is 0. The second-order valence-corrected chi connectivity index (χ2v) is 7.71. The summed E-state index contributed by atoms with van der Waals surface area (Å²) < 4.78 is 20.3. The molecule has 0 atom stereocenters. The molecule has 2 aromatic carbocycles. The quantitative estimate of drug-likeness (QED) is 0.442.